The Bertz CT molecular complexity index is 1710. The van der Waals surface area contributed by atoms with Crippen LogP contribution in [-0.2, 0) is 30.6 Å². The van der Waals surface area contributed by atoms with Crippen molar-refractivity contribution in [2.24, 2.45) is 10.9 Å². The van der Waals surface area contributed by atoms with Crippen LogP contribution < -0.4 is 21.5 Å². The topological polar surface area (TPSA) is 197 Å². The SMILES string of the molecule is CO/N=C(\C(=O)NC1C(=O)N2C(C(=O)OCc3ccc(OC)cc3)=C(CSc3nc(SC4(N)CC4)ns3)CS[C@H]12)c1csc(N)n1. The van der Waals surface area contributed by atoms with Crippen molar-refractivity contribution in [2.75, 3.05) is 31.5 Å². The molecule has 1 saturated carbocycles. The zero-order valence-electron chi connectivity index (χ0n) is 24.5. The predicted molar refractivity (Wildman–Crippen MR) is 178 cm³/mol. The van der Waals surface area contributed by atoms with E-state index in [1.165, 1.54) is 58.8 Å². The molecule has 1 aromatic carbocycles. The predicted octanol–water partition coefficient (Wildman–Crippen LogP) is 2.67. The Kier molecular flexibility index (Phi) is 9.76. The minimum atomic E-state index is -0.914. The maximum atomic E-state index is 13.6. The summed E-state index contributed by atoms with van der Waals surface area (Å²) in [4.78, 5) is 55.0. The van der Waals surface area contributed by atoms with Gasteiger partial charge in [-0.2, -0.15) is 4.37 Å². The number of thiazole rings is 1. The highest BCUT2D eigenvalue weighted by molar-refractivity contribution is 8.02. The highest BCUT2D eigenvalue weighted by Crippen LogP contribution is 2.47. The Morgan fingerprint density at radius 2 is 2.00 bits per heavy atom. The first kappa shape index (κ1) is 32.6. The van der Waals surface area contributed by atoms with Gasteiger partial charge in [0.25, 0.3) is 11.8 Å². The molecule has 5 N–H and O–H groups in total. The van der Waals surface area contributed by atoms with Crippen molar-refractivity contribution in [1.29, 1.82) is 0 Å². The smallest absolute Gasteiger partial charge is 0.355 e. The highest BCUT2D eigenvalue weighted by atomic mass is 32.2. The summed E-state index contributed by atoms with van der Waals surface area (Å²) < 4.78 is 16.0. The van der Waals surface area contributed by atoms with E-state index < -0.39 is 29.2 Å². The van der Waals surface area contributed by atoms with Crippen LogP contribution in [0.25, 0.3) is 0 Å². The van der Waals surface area contributed by atoms with E-state index in [1.807, 2.05) is 0 Å². The van der Waals surface area contributed by atoms with Crippen LogP contribution >= 0.6 is 58.2 Å². The number of oxime groups is 1. The molecule has 2 aromatic heterocycles. The van der Waals surface area contributed by atoms with Crippen molar-refractivity contribution in [1.82, 2.24) is 24.6 Å². The molecule has 3 aromatic rings. The number of carbonyl (C=O) groups excluding carboxylic acids is 3. The largest absolute Gasteiger partial charge is 0.497 e. The van der Waals surface area contributed by atoms with Crippen molar-refractivity contribution < 1.29 is 28.7 Å². The van der Waals surface area contributed by atoms with Gasteiger partial charge in [0, 0.05) is 16.9 Å². The second-order valence-corrected chi connectivity index (χ2v) is 15.6. The summed E-state index contributed by atoms with van der Waals surface area (Å²) in [6.07, 6.45) is 1.86. The molecule has 2 fully saturated rings. The van der Waals surface area contributed by atoms with Crippen LogP contribution in [0.3, 0.4) is 0 Å². The van der Waals surface area contributed by atoms with Crippen molar-refractivity contribution >= 4 is 86.8 Å². The van der Waals surface area contributed by atoms with Crippen LogP contribution in [0.4, 0.5) is 5.13 Å². The number of nitrogens with two attached hydrogens (primary N) is 2. The van der Waals surface area contributed by atoms with Crippen LogP contribution in [0.5, 0.6) is 5.75 Å². The Morgan fingerprint density at radius 3 is 2.67 bits per heavy atom. The van der Waals surface area contributed by atoms with Crippen LogP contribution in [0.1, 0.15) is 24.1 Å². The summed E-state index contributed by atoms with van der Waals surface area (Å²) in [6.45, 7) is -0.00179. The first-order valence-corrected chi connectivity index (χ1v) is 18.2. The van der Waals surface area contributed by atoms with Crippen LogP contribution in [0.2, 0.25) is 0 Å². The molecule has 6 rings (SSSR count). The minimum Gasteiger partial charge on any atom is -0.497 e. The molecule has 0 spiro atoms. The Hall–Kier alpha value is -3.36. The molecule has 46 heavy (non-hydrogen) atoms. The van der Waals surface area contributed by atoms with Gasteiger partial charge in [-0.3, -0.25) is 14.5 Å². The number of anilines is 1. The number of nitrogens with zero attached hydrogens (tertiary/aromatic N) is 5. The van der Waals surface area contributed by atoms with Crippen LogP contribution in [0.15, 0.2) is 55.6 Å². The lowest BCUT2D eigenvalue weighted by Gasteiger charge is -2.49. The minimum absolute atomic E-state index is 0.00179. The number of amides is 2. The van der Waals surface area contributed by atoms with Gasteiger partial charge in [0.15, 0.2) is 15.2 Å². The van der Waals surface area contributed by atoms with Crippen molar-refractivity contribution in [3.8, 4) is 5.75 Å². The van der Waals surface area contributed by atoms with Gasteiger partial charge in [-0.25, -0.2) is 14.8 Å². The first-order valence-electron chi connectivity index (χ1n) is 13.7. The molecule has 1 saturated heterocycles. The van der Waals surface area contributed by atoms with Crippen LogP contribution in [0, 0.1) is 0 Å². The van der Waals surface area contributed by atoms with Crippen molar-refractivity contribution in [3.63, 3.8) is 0 Å². The zero-order chi connectivity index (χ0) is 32.4. The third-order valence-electron chi connectivity index (χ3n) is 7.01. The molecule has 242 valence electrons. The van der Waals surface area contributed by atoms with E-state index in [2.05, 4.69) is 24.8 Å². The Labute approximate surface area is 284 Å². The number of β-lactam (4-membered cyclic amide) rings is 1. The monoisotopic (exact) mass is 720 g/mol. The molecule has 2 atom stereocenters. The van der Waals surface area contributed by atoms with Gasteiger partial charge in [0.05, 0.1) is 12.0 Å². The van der Waals surface area contributed by atoms with Gasteiger partial charge >= 0.3 is 5.97 Å². The summed E-state index contributed by atoms with van der Waals surface area (Å²) in [5.74, 6) is -0.258. The molecule has 3 aliphatic rings. The molecular weight excluding hydrogens is 693 g/mol. The summed E-state index contributed by atoms with van der Waals surface area (Å²) in [5, 5.41) is 8.43. The summed E-state index contributed by atoms with van der Waals surface area (Å²) >= 11 is 6.74. The lowest BCUT2D eigenvalue weighted by molar-refractivity contribution is -0.153. The van der Waals surface area contributed by atoms with Gasteiger partial charge in [-0.1, -0.05) is 40.8 Å². The Balaban J connectivity index is 1.19. The molecule has 2 aliphatic heterocycles. The number of esters is 1. The summed E-state index contributed by atoms with van der Waals surface area (Å²) in [7, 11) is 2.87. The number of carbonyl (C=O) groups is 3. The van der Waals surface area contributed by atoms with Gasteiger partial charge in [-0.05, 0) is 47.6 Å². The van der Waals surface area contributed by atoms with E-state index in [9.17, 15) is 14.4 Å². The number of aromatic nitrogens is 3. The van der Waals surface area contributed by atoms with E-state index >= 15 is 0 Å². The van der Waals surface area contributed by atoms with E-state index in [0.29, 0.717) is 28.0 Å². The maximum absolute atomic E-state index is 13.6. The van der Waals surface area contributed by atoms with E-state index in [-0.39, 0.29) is 33.7 Å². The number of rotatable bonds is 13. The van der Waals surface area contributed by atoms with E-state index in [0.717, 1.165) is 34.1 Å². The molecule has 2 amide bonds. The molecule has 0 radical (unpaired) electrons. The quantitative estimate of drug-likeness (QED) is 0.0582. The third-order valence-corrected chi connectivity index (χ3v) is 12.2. The van der Waals surface area contributed by atoms with Gasteiger partial charge < -0.3 is 31.1 Å². The number of fused-ring (bicyclic) bond motifs is 1. The van der Waals surface area contributed by atoms with Crippen molar-refractivity contribution in [3.05, 3.63) is 52.2 Å². The standard InChI is InChI=1S/C27H28N8O6S5/c1-39-15-5-3-13(4-6-15)9-41-23(38)19-14(11-44-26-32-25(34-46-26)45-27(29)7-8-27)10-42-22-18(21(37)35(19)22)31-20(36)17(33-40-2)16-12-43-24(28)30-16/h3-6,12,18,22H,7-11,29H2,1-2H3,(H2,28,30)(H,31,36)/b33-17-/t18?,22-/m1/s1. The second-order valence-electron chi connectivity index (χ2n) is 10.2. The number of thioether (sulfide) groups is 3. The fraction of sp³-hybridized carbons (Fsp3) is 0.370. The third kappa shape index (κ3) is 7.13. The number of nitrogen functional groups attached to an aromatic ring is 1. The number of hydrogen-bond donors (Lipinski definition) is 3. The average Bonchev–Trinajstić information content (AvgIpc) is 3.39. The fourth-order valence-electron chi connectivity index (χ4n) is 4.48. The van der Waals surface area contributed by atoms with Crippen molar-refractivity contribution in [2.45, 2.75) is 45.2 Å². The summed E-state index contributed by atoms with van der Waals surface area (Å²) in [5.41, 5.74) is 13.7. The second kappa shape index (κ2) is 13.8. The number of benzene rings is 1. The lowest BCUT2D eigenvalue weighted by atomic mass is 10.0. The summed E-state index contributed by atoms with van der Waals surface area (Å²) in [6, 6.07) is 6.22. The number of nitrogens with one attached hydrogen (secondary N) is 1. The number of ether oxygens (including phenoxy) is 2. The molecule has 19 heteroatoms. The molecule has 4 heterocycles. The number of hydrogen-bond acceptors (Lipinski definition) is 17. The maximum Gasteiger partial charge on any atom is 0.355 e. The van der Waals surface area contributed by atoms with Crippen LogP contribution in [-0.4, -0.2) is 84.7 Å². The molecular formula is C27H28N8O6S5. The van der Waals surface area contributed by atoms with Gasteiger partial charge in [0.2, 0.25) is 5.16 Å². The fourth-order valence-corrected chi connectivity index (χ4v) is 9.19. The van der Waals surface area contributed by atoms with E-state index in [1.54, 1.807) is 36.8 Å². The first-order chi connectivity index (χ1) is 22.2. The van der Waals surface area contributed by atoms with Gasteiger partial charge in [0.1, 0.15) is 42.3 Å². The van der Waals surface area contributed by atoms with Gasteiger partial charge in [-0.15, -0.1) is 23.1 Å². The normalized spacial score (nSPS) is 20.1. The molecule has 0 bridgehead atoms. The Morgan fingerprint density at radius 1 is 1.22 bits per heavy atom. The van der Waals surface area contributed by atoms with E-state index in [4.69, 9.17) is 25.8 Å². The zero-order valence-corrected chi connectivity index (χ0v) is 28.5. The number of methoxy groups -OCH3 is 1. The average molecular weight is 721 g/mol. The lowest BCUT2D eigenvalue weighted by Crippen LogP contribution is -2.71. The highest BCUT2D eigenvalue weighted by Gasteiger charge is 2.54. The molecule has 1 aliphatic carbocycles. The molecule has 14 nitrogen and oxygen atoms in total. The molecule has 1 unspecified atom stereocenters.